The number of carbonyl (C=O) groups is 5. The van der Waals surface area contributed by atoms with E-state index < -0.39 is 53.8 Å². The number of benzene rings is 1. The van der Waals surface area contributed by atoms with Crippen molar-refractivity contribution in [3.8, 4) is 5.75 Å². The second-order valence-electron chi connectivity index (χ2n) is 9.23. The molecule has 0 heterocycles. The van der Waals surface area contributed by atoms with Gasteiger partial charge in [0.15, 0.2) is 5.96 Å². The highest BCUT2D eigenvalue weighted by Crippen LogP contribution is 2.12. The summed E-state index contributed by atoms with van der Waals surface area (Å²) in [5.41, 5.74) is 22.3. The van der Waals surface area contributed by atoms with Crippen LogP contribution in [0.5, 0.6) is 5.75 Å². The second kappa shape index (κ2) is 18.3. The number of carboxylic acids is 1. The Hall–Kier alpha value is -4.05. The number of rotatable bonds is 19. The zero-order valence-corrected chi connectivity index (χ0v) is 23.7. The number of aliphatic carboxylic acids is 1. The van der Waals surface area contributed by atoms with Crippen molar-refractivity contribution >= 4 is 47.3 Å². The molecule has 4 atom stereocenters. The maximum Gasteiger partial charge on any atom is 0.326 e. The van der Waals surface area contributed by atoms with Crippen molar-refractivity contribution < 1.29 is 34.2 Å². The van der Waals surface area contributed by atoms with E-state index in [2.05, 4.69) is 20.9 Å². The molecule has 0 saturated heterocycles. The van der Waals surface area contributed by atoms with Gasteiger partial charge in [0.1, 0.15) is 23.9 Å². The van der Waals surface area contributed by atoms with E-state index in [4.69, 9.17) is 22.9 Å². The number of phenolic OH excluding ortho intramolecular Hbond substituents is 1. The summed E-state index contributed by atoms with van der Waals surface area (Å²) in [6.45, 7) is 0.140. The molecule has 4 unspecified atom stereocenters. The normalized spacial score (nSPS) is 13.6. The van der Waals surface area contributed by atoms with Gasteiger partial charge in [-0.05, 0) is 55.4 Å². The van der Waals surface area contributed by atoms with E-state index in [0.29, 0.717) is 17.7 Å². The SMILES string of the molecule is CSCCC(N)C(=O)NC(Cc1ccc(O)cc1)C(=O)NC(CCC(N)=O)C(=O)NC(CCCN=C(N)N)C(=O)O. The first-order chi connectivity index (χ1) is 19.3. The van der Waals surface area contributed by atoms with Crippen molar-refractivity contribution in [1.29, 1.82) is 0 Å². The van der Waals surface area contributed by atoms with Gasteiger partial charge >= 0.3 is 5.97 Å². The molecule has 0 fully saturated rings. The number of nitrogens with zero attached hydrogens (tertiary/aromatic N) is 1. The molecule has 41 heavy (non-hydrogen) atoms. The van der Waals surface area contributed by atoms with Crippen LogP contribution in [0.25, 0.3) is 0 Å². The number of amides is 4. The molecule has 0 aliphatic carbocycles. The number of nitrogens with two attached hydrogens (primary N) is 4. The third-order valence-corrected chi connectivity index (χ3v) is 6.50. The fraction of sp³-hybridized carbons (Fsp3) is 0.520. The molecule has 16 heteroatoms. The van der Waals surface area contributed by atoms with Crippen LogP contribution in [-0.2, 0) is 30.4 Å². The van der Waals surface area contributed by atoms with E-state index in [1.165, 1.54) is 23.9 Å². The highest BCUT2D eigenvalue weighted by atomic mass is 32.2. The monoisotopic (exact) mass is 596 g/mol. The fourth-order valence-electron chi connectivity index (χ4n) is 3.59. The quantitative estimate of drug-likeness (QED) is 0.0472. The van der Waals surface area contributed by atoms with Crippen molar-refractivity contribution in [1.82, 2.24) is 16.0 Å². The number of carbonyl (C=O) groups excluding carboxylic acids is 4. The summed E-state index contributed by atoms with van der Waals surface area (Å²) in [6.07, 6.45) is 1.94. The summed E-state index contributed by atoms with van der Waals surface area (Å²) in [5, 5.41) is 26.6. The van der Waals surface area contributed by atoms with E-state index in [0.717, 1.165) is 0 Å². The van der Waals surface area contributed by atoms with E-state index in [1.54, 1.807) is 12.1 Å². The number of aromatic hydroxyl groups is 1. The Labute approximate surface area is 242 Å². The average molecular weight is 597 g/mol. The van der Waals surface area contributed by atoms with Gasteiger partial charge < -0.3 is 49.1 Å². The van der Waals surface area contributed by atoms with Crippen LogP contribution in [0.3, 0.4) is 0 Å². The molecular weight excluding hydrogens is 556 g/mol. The zero-order chi connectivity index (χ0) is 30.9. The number of nitrogens with one attached hydrogen (secondary N) is 3. The van der Waals surface area contributed by atoms with Crippen molar-refractivity contribution in [3.63, 3.8) is 0 Å². The average Bonchev–Trinajstić information content (AvgIpc) is 2.91. The first-order valence-electron chi connectivity index (χ1n) is 12.8. The van der Waals surface area contributed by atoms with Crippen LogP contribution in [0.2, 0.25) is 0 Å². The van der Waals surface area contributed by atoms with Gasteiger partial charge in [-0.1, -0.05) is 12.1 Å². The molecule has 1 aromatic carbocycles. The molecule has 0 radical (unpaired) electrons. The molecule has 0 bridgehead atoms. The number of guanidine groups is 1. The Balaban J connectivity index is 3.11. The maximum absolute atomic E-state index is 13.4. The molecule has 0 saturated carbocycles. The molecular formula is C25H40N8O7S. The highest BCUT2D eigenvalue weighted by molar-refractivity contribution is 7.98. The Bertz CT molecular complexity index is 1070. The second-order valence-corrected chi connectivity index (χ2v) is 10.2. The lowest BCUT2D eigenvalue weighted by molar-refractivity contribution is -0.142. The minimum absolute atomic E-state index is 0.00680. The lowest BCUT2D eigenvalue weighted by atomic mass is 10.0. The zero-order valence-electron chi connectivity index (χ0n) is 22.9. The summed E-state index contributed by atoms with van der Waals surface area (Å²) in [7, 11) is 0. The summed E-state index contributed by atoms with van der Waals surface area (Å²) in [6, 6.07) is 1.20. The van der Waals surface area contributed by atoms with Crippen molar-refractivity contribution in [3.05, 3.63) is 29.8 Å². The Kier molecular flexibility index (Phi) is 15.6. The number of primary amides is 1. The molecule has 0 aromatic heterocycles. The highest BCUT2D eigenvalue weighted by Gasteiger charge is 2.30. The smallest absolute Gasteiger partial charge is 0.326 e. The summed E-state index contributed by atoms with van der Waals surface area (Å²) < 4.78 is 0. The van der Waals surface area contributed by atoms with Gasteiger partial charge in [-0.15, -0.1) is 0 Å². The van der Waals surface area contributed by atoms with Gasteiger partial charge in [-0.25, -0.2) is 4.79 Å². The van der Waals surface area contributed by atoms with Gasteiger partial charge in [0.05, 0.1) is 6.04 Å². The lowest BCUT2D eigenvalue weighted by Gasteiger charge is -2.25. The lowest BCUT2D eigenvalue weighted by Crippen LogP contribution is -2.57. The number of hydrogen-bond acceptors (Lipinski definition) is 9. The number of phenols is 1. The van der Waals surface area contributed by atoms with Crippen LogP contribution in [0.1, 0.15) is 37.7 Å². The molecule has 1 rings (SSSR count). The third kappa shape index (κ3) is 14.2. The topological polar surface area (TPSA) is 278 Å². The predicted octanol–water partition coefficient (Wildman–Crippen LogP) is -2.13. The van der Waals surface area contributed by atoms with Gasteiger partial charge in [0.2, 0.25) is 23.6 Å². The predicted molar refractivity (Wildman–Crippen MR) is 155 cm³/mol. The third-order valence-electron chi connectivity index (χ3n) is 5.85. The van der Waals surface area contributed by atoms with Gasteiger partial charge in [0.25, 0.3) is 0 Å². The van der Waals surface area contributed by atoms with Crippen molar-refractivity contribution in [2.45, 2.75) is 62.7 Å². The standard InChI is InChI=1S/C25H40N8O7S/c1-41-12-10-16(26)21(36)33-19(13-14-4-6-15(34)7-5-14)23(38)31-17(8-9-20(27)35)22(37)32-18(24(39)40)3-2-11-30-25(28)29/h4-7,16-19,34H,2-3,8-13,26H2,1H3,(H2,27,35)(H,31,38)(H,32,37)(H,33,36)(H,39,40)(H4,28,29,30). The van der Waals surface area contributed by atoms with Crippen LogP contribution in [0.15, 0.2) is 29.3 Å². The van der Waals surface area contributed by atoms with Crippen LogP contribution < -0.4 is 38.9 Å². The van der Waals surface area contributed by atoms with Crippen LogP contribution in [0, 0.1) is 0 Å². The van der Waals surface area contributed by atoms with E-state index >= 15 is 0 Å². The van der Waals surface area contributed by atoms with E-state index in [-0.39, 0.29) is 50.4 Å². The number of aliphatic imine (C=N–C) groups is 1. The molecule has 0 spiro atoms. The summed E-state index contributed by atoms with van der Waals surface area (Å²) in [5.74, 6) is -3.80. The Morgan fingerprint density at radius 3 is 2.02 bits per heavy atom. The first kappa shape index (κ1) is 35.0. The van der Waals surface area contributed by atoms with Crippen molar-refractivity contribution in [2.75, 3.05) is 18.6 Å². The van der Waals surface area contributed by atoms with Crippen LogP contribution >= 0.6 is 11.8 Å². The summed E-state index contributed by atoms with van der Waals surface area (Å²) in [4.78, 5) is 66.1. The number of thioether (sulfide) groups is 1. The molecule has 13 N–H and O–H groups in total. The Morgan fingerprint density at radius 2 is 1.46 bits per heavy atom. The van der Waals surface area contributed by atoms with Crippen LogP contribution in [-0.4, -0.2) is 88.5 Å². The maximum atomic E-state index is 13.4. The van der Waals surface area contributed by atoms with Gasteiger partial charge in [-0.3, -0.25) is 24.2 Å². The summed E-state index contributed by atoms with van der Waals surface area (Å²) >= 11 is 1.51. The number of hydrogen-bond donors (Lipinski definition) is 9. The van der Waals surface area contributed by atoms with E-state index in [1.807, 2.05) is 6.26 Å². The Morgan fingerprint density at radius 1 is 0.878 bits per heavy atom. The number of carboxylic acid groups (broad SMARTS) is 1. The molecule has 1 aromatic rings. The minimum atomic E-state index is -1.35. The van der Waals surface area contributed by atoms with Crippen molar-refractivity contribution in [2.24, 2.45) is 27.9 Å². The molecule has 4 amide bonds. The van der Waals surface area contributed by atoms with Gasteiger partial charge in [-0.2, -0.15) is 11.8 Å². The molecule has 0 aliphatic heterocycles. The largest absolute Gasteiger partial charge is 0.508 e. The molecule has 228 valence electrons. The molecule has 15 nitrogen and oxygen atoms in total. The van der Waals surface area contributed by atoms with Gasteiger partial charge in [0, 0.05) is 19.4 Å². The fourth-order valence-corrected chi connectivity index (χ4v) is 4.08. The molecule has 0 aliphatic rings. The first-order valence-corrected chi connectivity index (χ1v) is 14.2. The van der Waals surface area contributed by atoms with E-state index in [9.17, 15) is 34.2 Å². The van der Waals surface area contributed by atoms with Crippen LogP contribution in [0.4, 0.5) is 0 Å². The minimum Gasteiger partial charge on any atom is -0.508 e.